The molecule has 0 radical (unpaired) electrons. The molecule has 5 heavy (non-hydrogen) atoms. The van der Waals surface area contributed by atoms with E-state index in [-0.39, 0.29) is 11.3 Å². The molecule has 0 aromatic carbocycles. The molecule has 0 spiro atoms. The summed E-state index contributed by atoms with van der Waals surface area (Å²) in [4.78, 5) is 0. The van der Waals surface area contributed by atoms with Gasteiger partial charge in [0.1, 0.15) is 6.61 Å². The zero-order valence-electron chi connectivity index (χ0n) is 2.64. The van der Waals surface area contributed by atoms with Crippen LogP contribution in [0.3, 0.4) is 0 Å². The van der Waals surface area contributed by atoms with Crippen molar-refractivity contribution in [1.82, 2.24) is 0 Å². The second-order valence-electron chi connectivity index (χ2n) is 0.362. The zero-order valence-corrected chi connectivity index (χ0v) is 2.64. The van der Waals surface area contributed by atoms with Crippen molar-refractivity contribution in [1.29, 1.82) is 0 Å². The number of aliphatic hydroxyl groups is 1. The number of hydrogen-bond acceptors (Lipinski definition) is 1. The molecule has 0 heterocycles. The van der Waals surface area contributed by atoms with Gasteiger partial charge in [0.05, 0.1) is 0 Å². The Morgan fingerprint density at radius 2 is 2.00 bits per heavy atom. The van der Waals surface area contributed by atoms with Crippen LogP contribution >= 0.6 is 0 Å². The zero-order chi connectivity index (χ0) is 3.41. The van der Waals surface area contributed by atoms with Crippen molar-refractivity contribution in [3.05, 3.63) is 0 Å². The summed E-state index contributed by atoms with van der Waals surface area (Å²) in [5, 5.41) is 7.64. The first kappa shape index (κ1) is 8.82. The Labute approximate surface area is 30.0 Å². The van der Waals surface area contributed by atoms with E-state index in [1.54, 1.807) is 0 Å². The molecule has 0 saturated carbocycles. The third kappa shape index (κ3) is 35.8. The first-order valence-electron chi connectivity index (χ1n) is 0.958. The molecule has 0 unspecified atom stereocenters. The molecular formula is C3H5FO. The summed E-state index contributed by atoms with van der Waals surface area (Å²) in [6.07, 6.45) is 4.53. The predicted octanol–water partition coefficient (Wildman–Crippen LogP) is -0.236. The maximum Gasteiger partial charge on any atom is 0.103 e. The maximum atomic E-state index is 7.64. The third-order valence-corrected chi connectivity index (χ3v) is 0.0913. The second-order valence-corrected chi connectivity index (χ2v) is 0.362. The summed E-state index contributed by atoms with van der Waals surface area (Å²) < 4.78 is 0. The molecule has 0 aliphatic heterocycles. The Balaban J connectivity index is 0. The van der Waals surface area contributed by atoms with E-state index in [0.717, 1.165) is 0 Å². The minimum absolute atomic E-state index is 0. The Hall–Kier alpha value is -0.550. The van der Waals surface area contributed by atoms with Gasteiger partial charge in [-0.1, -0.05) is 5.92 Å². The van der Waals surface area contributed by atoms with Crippen LogP contribution in [-0.4, -0.2) is 11.7 Å². The summed E-state index contributed by atoms with van der Waals surface area (Å²) in [6, 6.07) is 0. The highest BCUT2D eigenvalue weighted by Crippen LogP contribution is 1.34. The average molecular weight is 76.1 g/mol. The van der Waals surface area contributed by atoms with Gasteiger partial charge in [0.25, 0.3) is 0 Å². The summed E-state index contributed by atoms with van der Waals surface area (Å²) in [5.41, 5.74) is 0. The van der Waals surface area contributed by atoms with Gasteiger partial charge in [0, 0.05) is 0 Å². The number of rotatable bonds is 0. The molecule has 0 aliphatic rings. The third-order valence-electron chi connectivity index (χ3n) is 0.0913. The molecule has 0 saturated heterocycles. The summed E-state index contributed by atoms with van der Waals surface area (Å²) in [6.45, 7) is -0.153. The van der Waals surface area contributed by atoms with E-state index in [4.69, 9.17) is 5.11 Å². The normalized spacial score (nSPS) is 4.00. The number of hydrogen-bond donors (Lipinski definition) is 1. The van der Waals surface area contributed by atoms with E-state index in [2.05, 4.69) is 6.42 Å². The van der Waals surface area contributed by atoms with Crippen LogP contribution in [0.2, 0.25) is 0 Å². The number of aliphatic hydroxyl groups excluding tert-OH is 1. The van der Waals surface area contributed by atoms with E-state index in [1.165, 1.54) is 0 Å². The monoisotopic (exact) mass is 76.0 g/mol. The predicted molar refractivity (Wildman–Crippen MR) is 18.4 cm³/mol. The molecule has 30 valence electrons. The van der Waals surface area contributed by atoms with E-state index >= 15 is 0 Å². The lowest BCUT2D eigenvalue weighted by atomic mass is 10.8. The molecule has 0 fully saturated rings. The average Bonchev–Trinajstić information content (AvgIpc) is 1.37. The molecular weight excluding hydrogens is 71.0 g/mol. The number of terminal acetylenes is 1. The van der Waals surface area contributed by atoms with Crippen LogP contribution in [0.15, 0.2) is 0 Å². The maximum absolute atomic E-state index is 7.64. The minimum atomic E-state index is -0.153. The molecule has 0 aromatic rings. The fourth-order valence-corrected chi connectivity index (χ4v) is 0. The molecule has 0 aliphatic carbocycles. The standard InChI is InChI=1S/C3H4O.FH/c1-2-3-4;/h1,4H,3H2;1H. The van der Waals surface area contributed by atoms with Crippen molar-refractivity contribution >= 4 is 0 Å². The fourth-order valence-electron chi connectivity index (χ4n) is 0. The van der Waals surface area contributed by atoms with Crippen molar-refractivity contribution in [3.8, 4) is 12.3 Å². The van der Waals surface area contributed by atoms with Gasteiger partial charge in [0.2, 0.25) is 0 Å². The van der Waals surface area contributed by atoms with Gasteiger partial charge in [-0.25, -0.2) is 0 Å². The van der Waals surface area contributed by atoms with Gasteiger partial charge < -0.3 is 5.11 Å². The highest BCUT2D eigenvalue weighted by molar-refractivity contribution is 4.81. The fraction of sp³-hybridized carbons (Fsp3) is 0.333. The SMILES string of the molecule is C#CCO.F. The van der Waals surface area contributed by atoms with E-state index in [9.17, 15) is 0 Å². The molecule has 1 nitrogen and oxygen atoms in total. The van der Waals surface area contributed by atoms with E-state index in [0.29, 0.717) is 0 Å². The first-order chi connectivity index (χ1) is 1.91. The van der Waals surface area contributed by atoms with Crippen LogP contribution in [0.4, 0.5) is 4.70 Å². The molecule has 0 bridgehead atoms. The summed E-state index contributed by atoms with van der Waals surface area (Å²) in [5.74, 6) is 1.99. The van der Waals surface area contributed by atoms with Crippen LogP contribution in [0.1, 0.15) is 0 Å². The topological polar surface area (TPSA) is 20.2 Å². The van der Waals surface area contributed by atoms with E-state index < -0.39 is 0 Å². The van der Waals surface area contributed by atoms with Gasteiger partial charge in [-0.2, -0.15) is 0 Å². The molecule has 0 rings (SSSR count). The molecule has 1 N–H and O–H groups in total. The summed E-state index contributed by atoms with van der Waals surface area (Å²) in [7, 11) is 0. The van der Waals surface area contributed by atoms with E-state index in [1.807, 2.05) is 5.92 Å². The van der Waals surface area contributed by atoms with Gasteiger partial charge in [-0.15, -0.1) is 6.42 Å². The smallest absolute Gasteiger partial charge is 0.103 e. The van der Waals surface area contributed by atoms with Gasteiger partial charge in [0.15, 0.2) is 0 Å². The lowest BCUT2D eigenvalue weighted by Gasteiger charge is -1.55. The summed E-state index contributed by atoms with van der Waals surface area (Å²) >= 11 is 0. The lowest BCUT2D eigenvalue weighted by Crippen LogP contribution is -1.64. The first-order valence-corrected chi connectivity index (χ1v) is 0.958. The second kappa shape index (κ2) is 9.85. The van der Waals surface area contributed by atoms with Crippen LogP contribution in [0.25, 0.3) is 0 Å². The van der Waals surface area contributed by atoms with Crippen LogP contribution in [0.5, 0.6) is 0 Å². The van der Waals surface area contributed by atoms with Crippen molar-refractivity contribution in [3.63, 3.8) is 0 Å². The number of halogens is 1. The Bertz CT molecular complexity index is 36.6. The minimum Gasteiger partial charge on any atom is -0.384 e. The quantitative estimate of drug-likeness (QED) is 0.395. The van der Waals surface area contributed by atoms with Gasteiger partial charge in [-0.05, 0) is 0 Å². The Morgan fingerprint density at radius 3 is 2.00 bits per heavy atom. The molecule has 0 atom stereocenters. The highest BCUT2D eigenvalue weighted by Gasteiger charge is 1.43. The highest BCUT2D eigenvalue weighted by atomic mass is 19.0. The van der Waals surface area contributed by atoms with Crippen LogP contribution in [-0.2, 0) is 0 Å². The molecule has 0 amide bonds. The molecule has 2 heteroatoms. The van der Waals surface area contributed by atoms with Crippen LogP contribution in [0, 0.1) is 12.3 Å². The Kier molecular flexibility index (Phi) is 17.4. The van der Waals surface area contributed by atoms with Crippen molar-refractivity contribution in [2.75, 3.05) is 6.61 Å². The van der Waals surface area contributed by atoms with Gasteiger partial charge >= 0.3 is 0 Å². The van der Waals surface area contributed by atoms with Gasteiger partial charge in [-0.3, -0.25) is 4.70 Å². The Morgan fingerprint density at radius 1 is 1.80 bits per heavy atom. The van der Waals surface area contributed by atoms with Crippen molar-refractivity contribution in [2.45, 2.75) is 0 Å². The van der Waals surface area contributed by atoms with Crippen molar-refractivity contribution in [2.24, 2.45) is 0 Å². The van der Waals surface area contributed by atoms with Crippen LogP contribution < -0.4 is 0 Å². The molecule has 0 aromatic heterocycles. The lowest BCUT2D eigenvalue weighted by molar-refractivity contribution is 0.351. The largest absolute Gasteiger partial charge is 0.384 e. The van der Waals surface area contributed by atoms with Crippen molar-refractivity contribution < 1.29 is 9.81 Å².